The Bertz CT molecular complexity index is 660. The molecule has 0 fully saturated rings. The Morgan fingerprint density at radius 3 is 2.82 bits per heavy atom. The van der Waals surface area contributed by atoms with Crippen molar-refractivity contribution >= 4 is 16.7 Å². The van der Waals surface area contributed by atoms with Crippen molar-refractivity contribution < 1.29 is 4.63 Å². The molecular formula is C13H11N3O. The first-order valence-corrected chi connectivity index (χ1v) is 5.38. The molecule has 4 nitrogen and oxygen atoms in total. The molecule has 1 heterocycles. The molecule has 3 rings (SSSR count). The van der Waals surface area contributed by atoms with Crippen molar-refractivity contribution in [3.63, 3.8) is 0 Å². The smallest absolute Gasteiger partial charge is 0.143 e. The highest BCUT2D eigenvalue weighted by atomic mass is 16.6. The van der Waals surface area contributed by atoms with E-state index in [9.17, 15) is 0 Å². The fourth-order valence-corrected chi connectivity index (χ4v) is 1.88. The van der Waals surface area contributed by atoms with E-state index >= 15 is 0 Å². The van der Waals surface area contributed by atoms with Crippen molar-refractivity contribution in [2.45, 2.75) is 0 Å². The van der Waals surface area contributed by atoms with Crippen molar-refractivity contribution in [1.82, 2.24) is 10.3 Å². The summed E-state index contributed by atoms with van der Waals surface area (Å²) < 4.78 is 4.77. The van der Waals surface area contributed by atoms with Crippen LogP contribution < -0.4 is 5.32 Å². The molecular weight excluding hydrogens is 214 g/mol. The van der Waals surface area contributed by atoms with Gasteiger partial charge in [-0.05, 0) is 34.1 Å². The van der Waals surface area contributed by atoms with Crippen molar-refractivity contribution in [2.24, 2.45) is 0 Å². The van der Waals surface area contributed by atoms with E-state index in [1.807, 2.05) is 43.4 Å². The predicted octanol–water partition coefficient (Wildman–Crippen LogP) is 2.93. The van der Waals surface area contributed by atoms with Gasteiger partial charge < -0.3 is 5.32 Å². The average Bonchev–Trinajstić information content (AvgIpc) is 2.87. The molecule has 0 spiro atoms. The number of nitrogens with one attached hydrogen (secondary N) is 1. The highest BCUT2D eigenvalue weighted by Gasteiger charge is 2.08. The van der Waals surface area contributed by atoms with Gasteiger partial charge in [0, 0.05) is 18.3 Å². The molecule has 0 atom stereocenters. The van der Waals surface area contributed by atoms with Crippen LogP contribution in [0.4, 0.5) is 5.69 Å². The van der Waals surface area contributed by atoms with E-state index in [0.717, 1.165) is 27.8 Å². The zero-order valence-electron chi connectivity index (χ0n) is 9.34. The molecule has 0 aliphatic heterocycles. The summed E-state index contributed by atoms with van der Waals surface area (Å²) in [7, 11) is 1.90. The Hall–Kier alpha value is -2.36. The summed E-state index contributed by atoms with van der Waals surface area (Å²) in [6.45, 7) is 0. The van der Waals surface area contributed by atoms with Crippen molar-refractivity contribution in [3.8, 4) is 11.1 Å². The molecule has 3 aromatic rings. The largest absolute Gasteiger partial charge is 0.388 e. The Morgan fingerprint density at radius 1 is 1.06 bits per heavy atom. The SMILES string of the molecule is CNc1cccc(-c2cccc3nonc23)c1. The van der Waals surface area contributed by atoms with Gasteiger partial charge in [-0.3, -0.25) is 0 Å². The monoisotopic (exact) mass is 225 g/mol. The highest BCUT2D eigenvalue weighted by Crippen LogP contribution is 2.27. The summed E-state index contributed by atoms with van der Waals surface area (Å²) >= 11 is 0. The first kappa shape index (κ1) is 9.84. The zero-order chi connectivity index (χ0) is 11.7. The number of anilines is 1. The third kappa shape index (κ3) is 1.63. The van der Waals surface area contributed by atoms with Crippen LogP contribution in [-0.2, 0) is 0 Å². The maximum Gasteiger partial charge on any atom is 0.143 e. The van der Waals surface area contributed by atoms with Gasteiger partial charge in [-0.2, -0.15) is 0 Å². The number of benzene rings is 2. The molecule has 0 unspecified atom stereocenters. The van der Waals surface area contributed by atoms with Crippen LogP contribution in [0.25, 0.3) is 22.2 Å². The van der Waals surface area contributed by atoms with E-state index in [4.69, 9.17) is 4.63 Å². The van der Waals surface area contributed by atoms with Crippen LogP contribution in [0.5, 0.6) is 0 Å². The van der Waals surface area contributed by atoms with Gasteiger partial charge in [0.2, 0.25) is 0 Å². The Labute approximate surface area is 98.2 Å². The molecule has 1 aromatic heterocycles. The second-order valence-corrected chi connectivity index (χ2v) is 3.77. The van der Waals surface area contributed by atoms with Gasteiger partial charge in [0.05, 0.1) is 0 Å². The third-order valence-corrected chi connectivity index (χ3v) is 2.75. The molecule has 0 bridgehead atoms. The number of nitrogens with zero attached hydrogens (tertiary/aromatic N) is 2. The predicted molar refractivity (Wildman–Crippen MR) is 66.8 cm³/mol. The second kappa shape index (κ2) is 3.90. The van der Waals surface area contributed by atoms with Crippen LogP contribution in [0.15, 0.2) is 47.1 Å². The molecule has 0 radical (unpaired) electrons. The van der Waals surface area contributed by atoms with Gasteiger partial charge in [-0.15, -0.1) is 0 Å². The molecule has 0 saturated heterocycles. The van der Waals surface area contributed by atoms with Gasteiger partial charge in [0.25, 0.3) is 0 Å². The number of hydrogen-bond acceptors (Lipinski definition) is 4. The van der Waals surface area contributed by atoms with E-state index in [1.54, 1.807) is 0 Å². The fourth-order valence-electron chi connectivity index (χ4n) is 1.88. The van der Waals surface area contributed by atoms with Crippen LogP contribution in [0.3, 0.4) is 0 Å². The van der Waals surface area contributed by atoms with Gasteiger partial charge in [-0.1, -0.05) is 24.3 Å². The van der Waals surface area contributed by atoms with Crippen LogP contribution in [0.1, 0.15) is 0 Å². The summed E-state index contributed by atoms with van der Waals surface area (Å²) in [4.78, 5) is 0. The summed E-state index contributed by atoms with van der Waals surface area (Å²) in [5.41, 5.74) is 4.76. The Kier molecular flexibility index (Phi) is 2.26. The minimum Gasteiger partial charge on any atom is -0.388 e. The van der Waals surface area contributed by atoms with Crippen molar-refractivity contribution in [3.05, 3.63) is 42.5 Å². The third-order valence-electron chi connectivity index (χ3n) is 2.75. The molecule has 0 amide bonds. The Morgan fingerprint density at radius 2 is 1.94 bits per heavy atom. The first-order valence-electron chi connectivity index (χ1n) is 5.38. The maximum absolute atomic E-state index is 4.77. The fraction of sp³-hybridized carbons (Fsp3) is 0.0769. The van der Waals surface area contributed by atoms with Gasteiger partial charge in [0.15, 0.2) is 0 Å². The van der Waals surface area contributed by atoms with Crippen molar-refractivity contribution in [1.29, 1.82) is 0 Å². The summed E-state index contributed by atoms with van der Waals surface area (Å²) in [5.74, 6) is 0. The lowest BCUT2D eigenvalue weighted by Gasteiger charge is -2.04. The van der Waals surface area contributed by atoms with E-state index in [0.29, 0.717) is 0 Å². The molecule has 2 aromatic carbocycles. The van der Waals surface area contributed by atoms with E-state index in [2.05, 4.69) is 21.7 Å². The van der Waals surface area contributed by atoms with Crippen molar-refractivity contribution in [2.75, 3.05) is 12.4 Å². The highest BCUT2D eigenvalue weighted by molar-refractivity contribution is 5.91. The van der Waals surface area contributed by atoms with E-state index in [-0.39, 0.29) is 0 Å². The molecule has 0 aliphatic carbocycles. The topological polar surface area (TPSA) is 51.0 Å². The lowest BCUT2D eigenvalue weighted by Crippen LogP contribution is -1.88. The van der Waals surface area contributed by atoms with Gasteiger partial charge in [0.1, 0.15) is 11.0 Å². The molecule has 0 aliphatic rings. The first-order chi connectivity index (χ1) is 8.38. The Balaban J connectivity index is 2.23. The van der Waals surface area contributed by atoms with E-state index in [1.165, 1.54) is 0 Å². The molecule has 84 valence electrons. The zero-order valence-corrected chi connectivity index (χ0v) is 9.34. The van der Waals surface area contributed by atoms with E-state index < -0.39 is 0 Å². The molecule has 17 heavy (non-hydrogen) atoms. The lowest BCUT2D eigenvalue weighted by molar-refractivity contribution is 0.315. The second-order valence-electron chi connectivity index (χ2n) is 3.77. The van der Waals surface area contributed by atoms with Crippen LogP contribution in [-0.4, -0.2) is 17.4 Å². The lowest BCUT2D eigenvalue weighted by atomic mass is 10.0. The summed E-state index contributed by atoms with van der Waals surface area (Å²) in [6.07, 6.45) is 0. The minimum atomic E-state index is 0.775. The van der Waals surface area contributed by atoms with Crippen LogP contribution in [0.2, 0.25) is 0 Å². The summed E-state index contributed by atoms with van der Waals surface area (Å²) in [5, 5.41) is 10.9. The van der Waals surface area contributed by atoms with Crippen LogP contribution in [0, 0.1) is 0 Å². The number of hydrogen-bond donors (Lipinski definition) is 1. The number of aromatic nitrogens is 2. The molecule has 1 N–H and O–H groups in total. The van der Waals surface area contributed by atoms with Gasteiger partial charge >= 0.3 is 0 Å². The number of rotatable bonds is 2. The molecule has 0 saturated carbocycles. The standard InChI is InChI=1S/C13H11N3O/c1-14-10-5-2-4-9(8-10)11-6-3-7-12-13(11)16-17-15-12/h2-8,14H,1H3. The number of fused-ring (bicyclic) bond motifs is 1. The summed E-state index contributed by atoms with van der Waals surface area (Å²) in [6, 6.07) is 14.0. The quantitative estimate of drug-likeness (QED) is 0.728. The molecule has 4 heteroatoms. The average molecular weight is 225 g/mol. The normalized spacial score (nSPS) is 10.6. The minimum absolute atomic E-state index is 0.775. The maximum atomic E-state index is 4.77. The van der Waals surface area contributed by atoms with Crippen LogP contribution >= 0.6 is 0 Å². The van der Waals surface area contributed by atoms with Gasteiger partial charge in [-0.25, -0.2) is 4.63 Å².